The number of ether oxygens (including phenoxy) is 1. The number of hydrogen-bond donors (Lipinski definition) is 1. The SMILES string of the molecule is CNCCOC1CC/C=C\C(C)(F)CC1. The molecule has 2 atom stereocenters. The summed E-state index contributed by atoms with van der Waals surface area (Å²) in [5.74, 6) is 0. The first-order valence-corrected chi connectivity index (χ1v) is 5.77. The molecule has 0 amide bonds. The van der Waals surface area contributed by atoms with E-state index in [9.17, 15) is 4.39 Å². The molecule has 0 radical (unpaired) electrons. The normalized spacial score (nSPS) is 34.5. The summed E-state index contributed by atoms with van der Waals surface area (Å²) in [5, 5.41) is 3.04. The van der Waals surface area contributed by atoms with E-state index < -0.39 is 5.67 Å². The van der Waals surface area contributed by atoms with Crippen molar-refractivity contribution in [2.24, 2.45) is 0 Å². The molecule has 0 fully saturated rings. The van der Waals surface area contributed by atoms with E-state index in [1.54, 1.807) is 13.0 Å². The Kier molecular flexibility index (Phi) is 5.26. The van der Waals surface area contributed by atoms with Crippen LogP contribution in [0.25, 0.3) is 0 Å². The molecular weight excluding hydrogens is 193 g/mol. The number of halogens is 1. The molecule has 2 unspecified atom stereocenters. The predicted octanol–water partition coefficient (Wildman–Crippen LogP) is 2.45. The van der Waals surface area contributed by atoms with Gasteiger partial charge in [0.15, 0.2) is 0 Å². The highest BCUT2D eigenvalue weighted by atomic mass is 19.1. The third-order valence-electron chi connectivity index (χ3n) is 2.78. The Morgan fingerprint density at radius 3 is 3.07 bits per heavy atom. The molecule has 0 bridgehead atoms. The average Bonchev–Trinajstić information content (AvgIpc) is 2.17. The Labute approximate surface area is 91.9 Å². The molecule has 2 nitrogen and oxygen atoms in total. The summed E-state index contributed by atoms with van der Waals surface area (Å²) in [6.07, 6.45) is 7.16. The highest BCUT2D eigenvalue weighted by Gasteiger charge is 2.23. The number of rotatable bonds is 4. The largest absolute Gasteiger partial charge is 0.377 e. The molecule has 0 aromatic carbocycles. The van der Waals surface area contributed by atoms with Gasteiger partial charge < -0.3 is 10.1 Å². The van der Waals surface area contributed by atoms with Gasteiger partial charge in [0.05, 0.1) is 12.7 Å². The lowest BCUT2D eigenvalue weighted by Gasteiger charge is -2.24. The smallest absolute Gasteiger partial charge is 0.126 e. The molecule has 0 heterocycles. The summed E-state index contributed by atoms with van der Waals surface area (Å²) in [7, 11) is 1.91. The molecule has 0 aromatic rings. The monoisotopic (exact) mass is 215 g/mol. The van der Waals surface area contributed by atoms with Gasteiger partial charge in [-0.05, 0) is 39.7 Å². The fraction of sp³-hybridized carbons (Fsp3) is 0.833. The van der Waals surface area contributed by atoms with E-state index >= 15 is 0 Å². The van der Waals surface area contributed by atoms with Crippen LogP contribution in [0.5, 0.6) is 0 Å². The van der Waals surface area contributed by atoms with Gasteiger partial charge in [-0.2, -0.15) is 0 Å². The maximum absolute atomic E-state index is 13.7. The minimum Gasteiger partial charge on any atom is -0.377 e. The summed E-state index contributed by atoms with van der Waals surface area (Å²) in [6.45, 7) is 3.21. The highest BCUT2D eigenvalue weighted by molar-refractivity contribution is 5.00. The van der Waals surface area contributed by atoms with Crippen LogP contribution in [-0.4, -0.2) is 32.0 Å². The zero-order valence-corrected chi connectivity index (χ0v) is 9.76. The second kappa shape index (κ2) is 6.23. The minimum absolute atomic E-state index is 0.221. The average molecular weight is 215 g/mol. The molecule has 1 aliphatic carbocycles. The van der Waals surface area contributed by atoms with E-state index in [2.05, 4.69) is 5.32 Å². The van der Waals surface area contributed by atoms with Crippen LogP contribution < -0.4 is 5.32 Å². The van der Waals surface area contributed by atoms with Gasteiger partial charge >= 0.3 is 0 Å². The second-order valence-electron chi connectivity index (χ2n) is 4.39. The van der Waals surface area contributed by atoms with Gasteiger partial charge in [-0.15, -0.1) is 0 Å². The van der Waals surface area contributed by atoms with Crippen molar-refractivity contribution in [2.45, 2.75) is 44.4 Å². The summed E-state index contributed by atoms with van der Waals surface area (Å²) in [5.41, 5.74) is -1.15. The molecule has 1 aliphatic rings. The molecule has 0 aliphatic heterocycles. The first-order chi connectivity index (χ1) is 7.14. The van der Waals surface area contributed by atoms with Crippen molar-refractivity contribution in [3.05, 3.63) is 12.2 Å². The Hall–Kier alpha value is -0.410. The fourth-order valence-electron chi connectivity index (χ4n) is 1.78. The van der Waals surface area contributed by atoms with Crippen molar-refractivity contribution in [1.82, 2.24) is 5.32 Å². The summed E-state index contributed by atoms with van der Waals surface area (Å²) in [4.78, 5) is 0. The van der Waals surface area contributed by atoms with E-state index in [0.717, 1.165) is 25.8 Å². The van der Waals surface area contributed by atoms with Crippen molar-refractivity contribution in [1.29, 1.82) is 0 Å². The lowest BCUT2D eigenvalue weighted by atomic mass is 9.94. The number of likely N-dealkylation sites (N-methyl/N-ethyl adjacent to an activating group) is 1. The van der Waals surface area contributed by atoms with Gasteiger partial charge in [0, 0.05) is 6.54 Å². The second-order valence-corrected chi connectivity index (χ2v) is 4.39. The van der Waals surface area contributed by atoms with Crippen molar-refractivity contribution in [3.63, 3.8) is 0 Å². The van der Waals surface area contributed by atoms with Gasteiger partial charge in [-0.1, -0.05) is 12.2 Å². The maximum Gasteiger partial charge on any atom is 0.126 e. The van der Waals surface area contributed by atoms with E-state index in [1.807, 2.05) is 13.1 Å². The van der Waals surface area contributed by atoms with Gasteiger partial charge in [0.25, 0.3) is 0 Å². The Balaban J connectivity index is 2.32. The van der Waals surface area contributed by atoms with E-state index in [-0.39, 0.29) is 6.10 Å². The highest BCUT2D eigenvalue weighted by Crippen LogP contribution is 2.25. The van der Waals surface area contributed by atoms with Crippen LogP contribution in [0, 0.1) is 0 Å². The summed E-state index contributed by atoms with van der Waals surface area (Å²) >= 11 is 0. The molecule has 1 rings (SSSR count). The number of hydrogen-bond acceptors (Lipinski definition) is 2. The third kappa shape index (κ3) is 5.28. The predicted molar refractivity (Wildman–Crippen MR) is 60.8 cm³/mol. The van der Waals surface area contributed by atoms with Gasteiger partial charge in [-0.25, -0.2) is 4.39 Å². The van der Waals surface area contributed by atoms with Crippen LogP contribution in [0.4, 0.5) is 4.39 Å². The van der Waals surface area contributed by atoms with Crippen LogP contribution in [0.15, 0.2) is 12.2 Å². The molecule has 15 heavy (non-hydrogen) atoms. The van der Waals surface area contributed by atoms with Crippen LogP contribution in [0.1, 0.15) is 32.6 Å². The number of alkyl halides is 1. The number of allylic oxidation sites excluding steroid dienone is 2. The summed E-state index contributed by atoms with van der Waals surface area (Å²) in [6, 6.07) is 0. The zero-order valence-electron chi connectivity index (χ0n) is 9.76. The van der Waals surface area contributed by atoms with Crippen molar-refractivity contribution >= 4 is 0 Å². The topological polar surface area (TPSA) is 21.3 Å². The van der Waals surface area contributed by atoms with Crippen molar-refractivity contribution in [3.8, 4) is 0 Å². The van der Waals surface area contributed by atoms with Crippen LogP contribution in [-0.2, 0) is 4.74 Å². The first-order valence-electron chi connectivity index (χ1n) is 5.77. The Morgan fingerprint density at radius 2 is 2.33 bits per heavy atom. The van der Waals surface area contributed by atoms with Crippen LogP contribution in [0.3, 0.4) is 0 Å². The third-order valence-corrected chi connectivity index (χ3v) is 2.78. The van der Waals surface area contributed by atoms with Crippen molar-refractivity contribution < 1.29 is 9.13 Å². The molecule has 0 spiro atoms. The Bertz CT molecular complexity index is 204. The van der Waals surface area contributed by atoms with E-state index in [1.165, 1.54) is 0 Å². The quantitative estimate of drug-likeness (QED) is 0.574. The van der Waals surface area contributed by atoms with Gasteiger partial charge in [0.1, 0.15) is 5.67 Å². The van der Waals surface area contributed by atoms with E-state index in [0.29, 0.717) is 13.0 Å². The van der Waals surface area contributed by atoms with Gasteiger partial charge in [-0.3, -0.25) is 0 Å². The van der Waals surface area contributed by atoms with Gasteiger partial charge in [0.2, 0.25) is 0 Å². The molecule has 0 aromatic heterocycles. The minimum atomic E-state index is -1.15. The molecule has 88 valence electrons. The lowest BCUT2D eigenvalue weighted by Crippen LogP contribution is -2.25. The maximum atomic E-state index is 13.7. The molecule has 0 saturated carbocycles. The standard InChI is InChI=1S/C12H22FNO/c1-12(13)7-4-3-5-11(6-8-12)15-10-9-14-2/h4,7,11,14H,3,5-6,8-10H2,1-2H3/b7-4-. The van der Waals surface area contributed by atoms with E-state index in [4.69, 9.17) is 4.74 Å². The fourth-order valence-corrected chi connectivity index (χ4v) is 1.78. The summed E-state index contributed by atoms with van der Waals surface area (Å²) < 4.78 is 19.4. The zero-order chi connectivity index (χ0) is 11.1. The van der Waals surface area contributed by atoms with Crippen LogP contribution in [0.2, 0.25) is 0 Å². The van der Waals surface area contributed by atoms with Crippen molar-refractivity contribution in [2.75, 3.05) is 20.2 Å². The molecule has 3 heteroatoms. The van der Waals surface area contributed by atoms with Crippen LogP contribution >= 0.6 is 0 Å². The first kappa shape index (κ1) is 12.7. The molecule has 1 N–H and O–H groups in total. The molecular formula is C12H22FNO. The molecule has 0 saturated heterocycles. The number of nitrogens with one attached hydrogen (secondary N) is 1. The lowest BCUT2D eigenvalue weighted by molar-refractivity contribution is 0.0333. The Morgan fingerprint density at radius 1 is 1.53 bits per heavy atom.